The number of fused-ring (bicyclic) bond motifs is 1. The summed E-state index contributed by atoms with van der Waals surface area (Å²) >= 11 is -0.826. The topological polar surface area (TPSA) is 0 Å². The second-order valence-electron chi connectivity index (χ2n) is 6.80. The van der Waals surface area contributed by atoms with Crippen LogP contribution >= 0.6 is 17.0 Å². The number of allylic oxidation sites excluding steroid dienone is 1. The number of halogens is 2. The van der Waals surface area contributed by atoms with Crippen LogP contribution in [0.3, 0.4) is 0 Å². The van der Waals surface area contributed by atoms with E-state index in [2.05, 4.69) is 69.3 Å². The van der Waals surface area contributed by atoms with E-state index in [1.165, 1.54) is 47.1 Å². The molecule has 0 aromatic heterocycles. The summed E-state index contributed by atoms with van der Waals surface area (Å²) < 4.78 is 0. The zero-order chi connectivity index (χ0) is 18.2. The molecule has 2 aromatic rings. The van der Waals surface area contributed by atoms with Gasteiger partial charge in [-0.1, -0.05) is 81.3 Å². The van der Waals surface area contributed by atoms with Gasteiger partial charge >= 0.3 is 37.9 Å². The molecular weight excluding hydrogens is 426 g/mol. The van der Waals surface area contributed by atoms with Crippen LogP contribution in [0.4, 0.5) is 0 Å². The van der Waals surface area contributed by atoms with Crippen LogP contribution in [0.5, 0.6) is 0 Å². The second-order valence-corrected chi connectivity index (χ2v) is 10.5. The Hall–Kier alpha value is -0.357. The van der Waals surface area contributed by atoms with E-state index in [1.54, 1.807) is 5.57 Å². The van der Waals surface area contributed by atoms with Crippen molar-refractivity contribution in [3.63, 3.8) is 0 Å². The molecule has 0 N–H and O–H groups in total. The van der Waals surface area contributed by atoms with Crippen LogP contribution in [0.2, 0.25) is 0 Å². The monoisotopic (exact) mass is 450 g/mol. The number of hydrogen-bond donors (Lipinski definition) is 0. The van der Waals surface area contributed by atoms with E-state index in [0.29, 0.717) is 5.92 Å². The molecule has 0 nitrogen and oxygen atoms in total. The SMILES string of the molecule is CCCCc1ccc(-c2cccc3c2C=C(C(C)C)C3)cc1.[Cl][Zr][Cl]. The Morgan fingerprint density at radius 2 is 1.72 bits per heavy atom. The van der Waals surface area contributed by atoms with Gasteiger partial charge in [-0.05, 0) is 53.0 Å². The molecule has 1 aliphatic carbocycles. The first-order valence-corrected chi connectivity index (χ1v) is 15.3. The Morgan fingerprint density at radius 1 is 1.04 bits per heavy atom. The minimum atomic E-state index is -0.826. The van der Waals surface area contributed by atoms with Gasteiger partial charge in [0.05, 0.1) is 0 Å². The molecule has 1 aliphatic rings. The molecular formula is C22H26Cl2Zr. The Bertz CT molecular complexity index is 702. The molecule has 0 amide bonds. The van der Waals surface area contributed by atoms with Crippen molar-refractivity contribution in [2.45, 2.75) is 46.5 Å². The molecule has 25 heavy (non-hydrogen) atoms. The third-order valence-corrected chi connectivity index (χ3v) is 4.75. The number of unbranched alkanes of at least 4 members (excludes halogenated alkanes) is 1. The van der Waals surface area contributed by atoms with Gasteiger partial charge in [0.25, 0.3) is 0 Å². The van der Waals surface area contributed by atoms with Gasteiger partial charge in [-0.2, -0.15) is 0 Å². The molecule has 3 heteroatoms. The normalized spacial score (nSPS) is 12.3. The molecule has 0 radical (unpaired) electrons. The third-order valence-electron chi connectivity index (χ3n) is 4.75. The van der Waals surface area contributed by atoms with Crippen molar-refractivity contribution in [2.24, 2.45) is 5.92 Å². The van der Waals surface area contributed by atoms with Gasteiger partial charge in [-0.25, -0.2) is 0 Å². The third kappa shape index (κ3) is 5.81. The number of aryl methyl sites for hydroxylation is 1. The van der Waals surface area contributed by atoms with Gasteiger partial charge in [0.15, 0.2) is 0 Å². The maximum atomic E-state index is 4.93. The standard InChI is InChI=1S/C22H26.2ClH.Zr/c1-4-5-7-17-10-12-18(13-11-17)21-9-6-8-19-14-20(16(2)3)15-22(19)21;;;/h6,8-13,15-16H,4-5,7,14H2,1-3H3;2*1H;/q;;;+2/p-2. The first-order valence-electron chi connectivity index (χ1n) is 8.98. The molecule has 0 saturated heterocycles. The van der Waals surface area contributed by atoms with Gasteiger partial charge < -0.3 is 0 Å². The fourth-order valence-electron chi connectivity index (χ4n) is 3.25. The first kappa shape index (κ1) is 20.9. The van der Waals surface area contributed by atoms with E-state index >= 15 is 0 Å². The first-order chi connectivity index (χ1) is 12.1. The molecule has 0 atom stereocenters. The van der Waals surface area contributed by atoms with Crippen LogP contribution in [0.15, 0.2) is 48.0 Å². The van der Waals surface area contributed by atoms with Crippen LogP contribution in [0, 0.1) is 5.92 Å². The van der Waals surface area contributed by atoms with Crippen LogP contribution in [0.25, 0.3) is 17.2 Å². The minimum absolute atomic E-state index is 0.636. The van der Waals surface area contributed by atoms with Gasteiger partial charge in [0.1, 0.15) is 0 Å². The fourth-order valence-corrected chi connectivity index (χ4v) is 3.25. The number of rotatable bonds is 5. The van der Waals surface area contributed by atoms with Crippen molar-refractivity contribution >= 4 is 23.1 Å². The van der Waals surface area contributed by atoms with Crippen molar-refractivity contribution in [1.29, 1.82) is 0 Å². The summed E-state index contributed by atoms with van der Waals surface area (Å²) in [6.07, 6.45) is 7.27. The predicted molar refractivity (Wildman–Crippen MR) is 109 cm³/mol. The number of hydrogen-bond acceptors (Lipinski definition) is 0. The van der Waals surface area contributed by atoms with Crippen molar-refractivity contribution in [1.82, 2.24) is 0 Å². The van der Waals surface area contributed by atoms with Gasteiger partial charge in [-0.3, -0.25) is 0 Å². The van der Waals surface area contributed by atoms with Crippen molar-refractivity contribution < 1.29 is 20.8 Å². The molecule has 0 spiro atoms. The van der Waals surface area contributed by atoms with Crippen molar-refractivity contribution in [3.8, 4) is 11.1 Å². The molecule has 0 fully saturated rings. The van der Waals surface area contributed by atoms with Crippen LogP contribution < -0.4 is 0 Å². The van der Waals surface area contributed by atoms with Crippen LogP contribution in [0.1, 0.15) is 50.3 Å². The molecule has 0 saturated carbocycles. The van der Waals surface area contributed by atoms with Gasteiger partial charge in [0, 0.05) is 0 Å². The van der Waals surface area contributed by atoms with E-state index < -0.39 is 20.8 Å². The summed E-state index contributed by atoms with van der Waals surface area (Å²) in [4.78, 5) is 0. The van der Waals surface area contributed by atoms with Crippen molar-refractivity contribution in [2.75, 3.05) is 0 Å². The summed E-state index contributed by atoms with van der Waals surface area (Å²) in [7, 11) is 9.87. The summed E-state index contributed by atoms with van der Waals surface area (Å²) in [6, 6.07) is 15.9. The Balaban J connectivity index is 0.000000701. The Kier molecular flexibility index (Phi) is 8.97. The molecule has 132 valence electrons. The zero-order valence-corrected chi connectivity index (χ0v) is 19.3. The van der Waals surface area contributed by atoms with Crippen LogP contribution in [-0.2, 0) is 33.7 Å². The second kappa shape index (κ2) is 10.7. The van der Waals surface area contributed by atoms with E-state index in [9.17, 15) is 0 Å². The summed E-state index contributed by atoms with van der Waals surface area (Å²) in [5, 5.41) is 0. The molecule has 0 bridgehead atoms. The Morgan fingerprint density at radius 3 is 2.32 bits per heavy atom. The summed E-state index contributed by atoms with van der Waals surface area (Å²) in [5.74, 6) is 0.636. The zero-order valence-electron chi connectivity index (χ0n) is 15.3. The molecule has 0 heterocycles. The Labute approximate surface area is 171 Å². The molecule has 2 aromatic carbocycles. The van der Waals surface area contributed by atoms with Gasteiger partial charge in [0.2, 0.25) is 0 Å². The van der Waals surface area contributed by atoms with E-state index in [-0.39, 0.29) is 0 Å². The van der Waals surface area contributed by atoms with Gasteiger partial charge in [-0.15, -0.1) is 0 Å². The average molecular weight is 453 g/mol. The van der Waals surface area contributed by atoms with E-state index in [4.69, 9.17) is 17.0 Å². The molecule has 0 aliphatic heterocycles. The van der Waals surface area contributed by atoms with E-state index in [1.807, 2.05) is 0 Å². The summed E-state index contributed by atoms with van der Waals surface area (Å²) in [6.45, 7) is 6.83. The van der Waals surface area contributed by atoms with Crippen molar-refractivity contribution in [3.05, 3.63) is 64.7 Å². The van der Waals surface area contributed by atoms with Crippen LogP contribution in [-0.4, -0.2) is 0 Å². The molecule has 0 unspecified atom stereocenters. The predicted octanol–water partition coefficient (Wildman–Crippen LogP) is 7.67. The average Bonchev–Trinajstić information content (AvgIpc) is 3.06. The molecule has 3 rings (SSSR count). The quantitative estimate of drug-likeness (QED) is 0.437. The maximum absolute atomic E-state index is 4.93. The number of benzene rings is 2. The summed E-state index contributed by atoms with van der Waals surface area (Å²) in [5.41, 5.74) is 8.66. The fraction of sp³-hybridized carbons (Fsp3) is 0.364. The van der Waals surface area contributed by atoms with E-state index in [0.717, 1.165) is 6.42 Å².